The maximum Gasteiger partial charge on any atom is 0.0642 e. The van der Waals surface area contributed by atoms with Crippen LogP contribution in [0.1, 0.15) is 19.4 Å². The van der Waals surface area contributed by atoms with Gasteiger partial charge in [-0.05, 0) is 38.5 Å². The molecule has 84 valence electrons. The number of hydrogen-bond acceptors (Lipinski definition) is 2. The molecule has 0 unspecified atom stereocenters. The Balaban J connectivity index is 2.41. The van der Waals surface area contributed by atoms with Crippen LogP contribution in [0.15, 0.2) is 18.2 Å². The van der Waals surface area contributed by atoms with Gasteiger partial charge in [0.15, 0.2) is 0 Å². The molecule has 1 N–H and O–H groups in total. The Morgan fingerprint density at radius 3 is 2.80 bits per heavy atom. The molecular weight excluding hydrogens is 210 g/mol. The minimum atomic E-state index is 0.284. The van der Waals surface area contributed by atoms with Crippen LogP contribution in [0.4, 0.5) is 5.69 Å². The van der Waals surface area contributed by atoms with Crippen LogP contribution in [0.25, 0.3) is 0 Å². The maximum atomic E-state index is 6.01. The number of hydrogen-bond donors (Lipinski definition) is 1. The fraction of sp³-hybridized carbons (Fsp3) is 0.500. The highest BCUT2D eigenvalue weighted by atomic mass is 35.5. The van der Waals surface area contributed by atoms with E-state index in [-0.39, 0.29) is 6.10 Å². The van der Waals surface area contributed by atoms with E-state index in [9.17, 15) is 0 Å². The first-order chi connectivity index (χ1) is 7.11. The molecule has 0 bridgehead atoms. The maximum absolute atomic E-state index is 6.01. The van der Waals surface area contributed by atoms with Gasteiger partial charge in [0, 0.05) is 17.3 Å². The number of benzene rings is 1. The van der Waals surface area contributed by atoms with E-state index in [0.29, 0.717) is 6.61 Å². The number of ether oxygens (including phenoxy) is 1. The second-order valence-electron chi connectivity index (χ2n) is 3.76. The van der Waals surface area contributed by atoms with Crippen molar-refractivity contribution in [1.29, 1.82) is 0 Å². The van der Waals surface area contributed by atoms with Crippen LogP contribution in [-0.2, 0) is 4.74 Å². The summed E-state index contributed by atoms with van der Waals surface area (Å²) in [5.41, 5.74) is 2.17. The lowest BCUT2D eigenvalue weighted by Gasteiger charge is -2.12. The minimum Gasteiger partial charge on any atom is -0.382 e. The minimum absolute atomic E-state index is 0.284. The lowest BCUT2D eigenvalue weighted by molar-refractivity contribution is 0.0870. The van der Waals surface area contributed by atoms with E-state index < -0.39 is 0 Å². The average Bonchev–Trinajstić information content (AvgIpc) is 2.18. The molecule has 0 amide bonds. The predicted octanol–water partition coefficient (Wildman–Crippen LogP) is 3.49. The van der Waals surface area contributed by atoms with Crippen molar-refractivity contribution in [3.63, 3.8) is 0 Å². The Labute approximate surface area is 96.6 Å². The molecule has 1 aromatic rings. The zero-order valence-electron chi connectivity index (χ0n) is 9.51. The molecule has 0 heterocycles. The molecule has 0 aromatic heterocycles. The fourth-order valence-electron chi connectivity index (χ4n) is 1.28. The van der Waals surface area contributed by atoms with E-state index in [2.05, 4.69) is 5.32 Å². The summed E-state index contributed by atoms with van der Waals surface area (Å²) < 4.78 is 5.44. The van der Waals surface area contributed by atoms with Gasteiger partial charge in [0.1, 0.15) is 0 Å². The van der Waals surface area contributed by atoms with Crippen LogP contribution in [0.2, 0.25) is 5.02 Å². The predicted molar refractivity (Wildman–Crippen MR) is 65.8 cm³/mol. The van der Waals surface area contributed by atoms with Gasteiger partial charge in [-0.25, -0.2) is 0 Å². The molecule has 0 aliphatic rings. The molecule has 1 rings (SSSR count). The number of nitrogens with one attached hydrogen (secondary N) is 1. The summed E-state index contributed by atoms with van der Waals surface area (Å²) in [6.07, 6.45) is 0.284. The van der Waals surface area contributed by atoms with E-state index in [0.717, 1.165) is 22.8 Å². The van der Waals surface area contributed by atoms with Crippen molar-refractivity contribution in [1.82, 2.24) is 0 Å². The Hall–Kier alpha value is -0.730. The van der Waals surface area contributed by atoms with E-state index >= 15 is 0 Å². The third-order valence-electron chi connectivity index (χ3n) is 2.14. The molecule has 3 heteroatoms. The van der Waals surface area contributed by atoms with Gasteiger partial charge in [0.05, 0.1) is 12.7 Å². The van der Waals surface area contributed by atoms with Gasteiger partial charge < -0.3 is 10.1 Å². The first kappa shape index (κ1) is 12.3. The lowest BCUT2D eigenvalue weighted by Crippen LogP contribution is -2.13. The number of rotatable bonds is 5. The van der Waals surface area contributed by atoms with Crippen molar-refractivity contribution in [3.05, 3.63) is 28.8 Å². The number of halogens is 1. The number of anilines is 1. The summed E-state index contributed by atoms with van der Waals surface area (Å²) in [5.74, 6) is 0. The summed E-state index contributed by atoms with van der Waals surface area (Å²) in [6.45, 7) is 7.59. The first-order valence-electron chi connectivity index (χ1n) is 5.22. The molecule has 0 saturated carbocycles. The first-order valence-corrected chi connectivity index (χ1v) is 5.59. The van der Waals surface area contributed by atoms with Gasteiger partial charge in [0.25, 0.3) is 0 Å². The molecule has 2 nitrogen and oxygen atoms in total. The van der Waals surface area contributed by atoms with Gasteiger partial charge in [-0.2, -0.15) is 0 Å². The normalized spacial score (nSPS) is 10.7. The zero-order valence-corrected chi connectivity index (χ0v) is 10.3. The van der Waals surface area contributed by atoms with Crippen LogP contribution >= 0.6 is 11.6 Å². The summed E-state index contributed by atoms with van der Waals surface area (Å²) in [5, 5.41) is 4.10. The molecule has 0 fully saturated rings. The molecule has 0 aliphatic carbocycles. The van der Waals surface area contributed by atoms with Crippen molar-refractivity contribution in [2.45, 2.75) is 26.9 Å². The highest BCUT2D eigenvalue weighted by Gasteiger charge is 2.00. The van der Waals surface area contributed by atoms with Gasteiger partial charge in [0.2, 0.25) is 0 Å². The van der Waals surface area contributed by atoms with Crippen molar-refractivity contribution in [3.8, 4) is 0 Å². The second kappa shape index (κ2) is 5.99. The highest BCUT2D eigenvalue weighted by molar-refractivity contribution is 6.31. The van der Waals surface area contributed by atoms with Crippen LogP contribution < -0.4 is 5.32 Å². The third-order valence-corrected chi connectivity index (χ3v) is 2.55. The molecular formula is C12H18ClNO. The molecule has 0 radical (unpaired) electrons. The smallest absolute Gasteiger partial charge is 0.0642 e. The molecule has 0 saturated heterocycles. The summed E-state index contributed by atoms with van der Waals surface area (Å²) in [4.78, 5) is 0. The molecule has 0 spiro atoms. The summed E-state index contributed by atoms with van der Waals surface area (Å²) >= 11 is 6.01. The van der Waals surface area contributed by atoms with E-state index in [1.54, 1.807) is 0 Å². The zero-order chi connectivity index (χ0) is 11.3. The topological polar surface area (TPSA) is 21.3 Å². The average molecular weight is 228 g/mol. The van der Waals surface area contributed by atoms with Crippen LogP contribution in [0.3, 0.4) is 0 Å². The monoisotopic (exact) mass is 227 g/mol. The molecule has 15 heavy (non-hydrogen) atoms. The third kappa shape index (κ3) is 4.10. The lowest BCUT2D eigenvalue weighted by atomic mass is 10.2. The van der Waals surface area contributed by atoms with Crippen LogP contribution in [0.5, 0.6) is 0 Å². The van der Waals surface area contributed by atoms with Crippen LogP contribution in [-0.4, -0.2) is 19.3 Å². The Bertz CT molecular complexity index is 312. The SMILES string of the molecule is Cc1c(Cl)cccc1NCCOC(C)C. The van der Waals surface area contributed by atoms with Gasteiger partial charge in [-0.15, -0.1) is 0 Å². The Morgan fingerprint density at radius 2 is 2.13 bits per heavy atom. The molecule has 1 aromatic carbocycles. The summed E-state index contributed by atoms with van der Waals surface area (Å²) in [7, 11) is 0. The van der Waals surface area contributed by atoms with Crippen molar-refractivity contribution in [2.75, 3.05) is 18.5 Å². The van der Waals surface area contributed by atoms with Gasteiger partial charge >= 0.3 is 0 Å². The Morgan fingerprint density at radius 1 is 1.40 bits per heavy atom. The van der Waals surface area contributed by atoms with Crippen molar-refractivity contribution >= 4 is 17.3 Å². The van der Waals surface area contributed by atoms with Gasteiger partial charge in [-0.1, -0.05) is 17.7 Å². The standard InChI is InChI=1S/C12H18ClNO/c1-9(2)15-8-7-14-12-6-4-5-11(13)10(12)3/h4-6,9,14H,7-8H2,1-3H3. The second-order valence-corrected chi connectivity index (χ2v) is 4.17. The molecule has 0 atom stereocenters. The van der Waals surface area contributed by atoms with E-state index in [1.807, 2.05) is 39.0 Å². The van der Waals surface area contributed by atoms with E-state index in [1.165, 1.54) is 0 Å². The summed E-state index contributed by atoms with van der Waals surface area (Å²) in [6, 6.07) is 5.87. The fourth-order valence-corrected chi connectivity index (χ4v) is 1.45. The van der Waals surface area contributed by atoms with Crippen molar-refractivity contribution in [2.24, 2.45) is 0 Å². The largest absolute Gasteiger partial charge is 0.382 e. The Kier molecular flexibility index (Phi) is 4.92. The van der Waals surface area contributed by atoms with Crippen LogP contribution in [0, 0.1) is 6.92 Å². The van der Waals surface area contributed by atoms with E-state index in [4.69, 9.17) is 16.3 Å². The van der Waals surface area contributed by atoms with Gasteiger partial charge in [-0.3, -0.25) is 0 Å². The molecule has 0 aliphatic heterocycles. The quantitative estimate of drug-likeness (QED) is 0.778. The van der Waals surface area contributed by atoms with Crippen molar-refractivity contribution < 1.29 is 4.74 Å². The highest BCUT2D eigenvalue weighted by Crippen LogP contribution is 2.22.